The van der Waals surface area contributed by atoms with Gasteiger partial charge < -0.3 is 10.4 Å². The van der Waals surface area contributed by atoms with Crippen LogP contribution in [-0.2, 0) is 0 Å². The van der Waals surface area contributed by atoms with E-state index in [0.29, 0.717) is 6.04 Å². The zero-order chi connectivity index (χ0) is 13.1. The van der Waals surface area contributed by atoms with Crippen LogP contribution in [0.25, 0.3) is 0 Å². The molecule has 17 heavy (non-hydrogen) atoms. The molecule has 1 unspecified atom stereocenters. The molecule has 0 aromatic rings. The van der Waals surface area contributed by atoms with Crippen molar-refractivity contribution in [1.82, 2.24) is 10.2 Å². The molecule has 0 aliphatic rings. The fourth-order valence-electron chi connectivity index (χ4n) is 1.94. The molecule has 0 saturated heterocycles. The molecule has 0 spiro atoms. The molecule has 0 saturated carbocycles. The molecule has 0 bridgehead atoms. The molecule has 0 heterocycles. The van der Waals surface area contributed by atoms with Crippen molar-refractivity contribution in [2.45, 2.75) is 65.5 Å². The average Bonchev–Trinajstić information content (AvgIpc) is 2.32. The van der Waals surface area contributed by atoms with E-state index in [1.807, 2.05) is 0 Å². The van der Waals surface area contributed by atoms with Crippen LogP contribution >= 0.6 is 0 Å². The van der Waals surface area contributed by atoms with Gasteiger partial charge in [-0.05, 0) is 39.8 Å². The first kappa shape index (κ1) is 16.9. The summed E-state index contributed by atoms with van der Waals surface area (Å²) < 4.78 is 0. The minimum atomic E-state index is 0.221. The topological polar surface area (TPSA) is 35.5 Å². The van der Waals surface area contributed by atoms with Crippen LogP contribution < -0.4 is 5.32 Å². The van der Waals surface area contributed by atoms with Crippen molar-refractivity contribution in [3.63, 3.8) is 0 Å². The minimum Gasteiger partial charge on any atom is -0.395 e. The van der Waals surface area contributed by atoms with Crippen LogP contribution in [0.2, 0.25) is 0 Å². The maximum atomic E-state index is 9.37. The highest BCUT2D eigenvalue weighted by molar-refractivity contribution is 4.73. The van der Waals surface area contributed by atoms with Gasteiger partial charge in [0.15, 0.2) is 0 Å². The Balaban J connectivity index is 4.01. The second-order valence-corrected chi connectivity index (χ2v) is 5.13. The summed E-state index contributed by atoms with van der Waals surface area (Å²) in [6.45, 7) is 12.2. The maximum absolute atomic E-state index is 9.37. The number of aliphatic hydroxyl groups excluding tert-OH is 1. The minimum absolute atomic E-state index is 0.221. The van der Waals surface area contributed by atoms with Crippen LogP contribution in [0, 0.1) is 0 Å². The summed E-state index contributed by atoms with van der Waals surface area (Å²) in [7, 11) is 0. The van der Waals surface area contributed by atoms with Gasteiger partial charge in [-0.3, -0.25) is 4.90 Å². The summed E-state index contributed by atoms with van der Waals surface area (Å²) in [6.07, 6.45) is 4.95. The fourth-order valence-corrected chi connectivity index (χ4v) is 1.94. The number of rotatable bonds is 11. The van der Waals surface area contributed by atoms with E-state index in [2.05, 4.69) is 37.9 Å². The standard InChI is InChI=1S/C14H32N2O/c1-5-7-8-10-16(13(3)4)11-14(12-17)15-9-6-2/h13-15,17H,5-12H2,1-4H3. The monoisotopic (exact) mass is 244 g/mol. The molecular formula is C14H32N2O. The van der Waals surface area contributed by atoms with E-state index in [-0.39, 0.29) is 12.6 Å². The van der Waals surface area contributed by atoms with Gasteiger partial charge in [0.25, 0.3) is 0 Å². The lowest BCUT2D eigenvalue weighted by Crippen LogP contribution is -2.46. The average molecular weight is 244 g/mol. The Morgan fingerprint density at radius 3 is 2.29 bits per heavy atom. The van der Waals surface area contributed by atoms with E-state index in [4.69, 9.17) is 0 Å². The van der Waals surface area contributed by atoms with Gasteiger partial charge in [-0.25, -0.2) is 0 Å². The van der Waals surface area contributed by atoms with Gasteiger partial charge in [0.05, 0.1) is 6.61 Å². The van der Waals surface area contributed by atoms with Crippen LogP contribution in [0.15, 0.2) is 0 Å². The summed E-state index contributed by atoms with van der Waals surface area (Å²) in [5, 5.41) is 12.8. The number of hydrogen-bond acceptors (Lipinski definition) is 3. The van der Waals surface area contributed by atoms with Crippen molar-refractivity contribution < 1.29 is 5.11 Å². The Morgan fingerprint density at radius 1 is 1.12 bits per heavy atom. The van der Waals surface area contributed by atoms with E-state index in [1.54, 1.807) is 0 Å². The van der Waals surface area contributed by atoms with Crippen LogP contribution in [0.3, 0.4) is 0 Å². The van der Waals surface area contributed by atoms with Crippen molar-refractivity contribution >= 4 is 0 Å². The van der Waals surface area contributed by atoms with Gasteiger partial charge in [-0.2, -0.15) is 0 Å². The number of aliphatic hydroxyl groups is 1. The molecule has 0 aromatic carbocycles. The van der Waals surface area contributed by atoms with Gasteiger partial charge in [-0.15, -0.1) is 0 Å². The molecule has 1 atom stereocenters. The normalized spacial score (nSPS) is 13.6. The van der Waals surface area contributed by atoms with Crippen molar-refractivity contribution in [3.8, 4) is 0 Å². The number of nitrogens with one attached hydrogen (secondary N) is 1. The Bertz CT molecular complexity index is 162. The molecule has 104 valence electrons. The smallest absolute Gasteiger partial charge is 0.0597 e. The van der Waals surface area contributed by atoms with E-state index in [0.717, 1.165) is 26.1 Å². The van der Waals surface area contributed by atoms with Gasteiger partial charge >= 0.3 is 0 Å². The summed E-state index contributed by atoms with van der Waals surface area (Å²) in [5.41, 5.74) is 0. The maximum Gasteiger partial charge on any atom is 0.0597 e. The first-order valence-electron chi connectivity index (χ1n) is 7.23. The highest BCUT2D eigenvalue weighted by Crippen LogP contribution is 2.04. The van der Waals surface area contributed by atoms with E-state index < -0.39 is 0 Å². The highest BCUT2D eigenvalue weighted by atomic mass is 16.3. The Labute approximate surface area is 108 Å². The van der Waals surface area contributed by atoms with Crippen molar-refractivity contribution in [2.24, 2.45) is 0 Å². The van der Waals surface area contributed by atoms with E-state index in [9.17, 15) is 5.11 Å². The molecule has 0 aliphatic carbocycles. The Kier molecular flexibility index (Phi) is 10.9. The molecule has 3 heteroatoms. The van der Waals surface area contributed by atoms with Crippen LogP contribution in [-0.4, -0.2) is 48.3 Å². The highest BCUT2D eigenvalue weighted by Gasteiger charge is 2.14. The van der Waals surface area contributed by atoms with Gasteiger partial charge in [0, 0.05) is 18.6 Å². The van der Waals surface area contributed by atoms with Crippen LogP contribution in [0.1, 0.15) is 53.4 Å². The lowest BCUT2D eigenvalue weighted by molar-refractivity contribution is 0.155. The first-order chi connectivity index (χ1) is 8.15. The zero-order valence-corrected chi connectivity index (χ0v) is 12.2. The van der Waals surface area contributed by atoms with Gasteiger partial charge in [0.2, 0.25) is 0 Å². The molecule has 2 N–H and O–H groups in total. The number of unbranched alkanes of at least 4 members (excludes halogenated alkanes) is 2. The predicted octanol–water partition coefficient (Wildman–Crippen LogP) is 2.25. The van der Waals surface area contributed by atoms with E-state index in [1.165, 1.54) is 19.3 Å². The van der Waals surface area contributed by atoms with Gasteiger partial charge in [0.1, 0.15) is 0 Å². The SMILES string of the molecule is CCCCCN(CC(CO)NCCC)C(C)C. The zero-order valence-electron chi connectivity index (χ0n) is 12.2. The largest absolute Gasteiger partial charge is 0.395 e. The molecule has 0 radical (unpaired) electrons. The fraction of sp³-hybridized carbons (Fsp3) is 1.00. The Hall–Kier alpha value is -0.120. The number of nitrogens with zero attached hydrogens (tertiary/aromatic N) is 1. The summed E-state index contributed by atoms with van der Waals surface area (Å²) in [4.78, 5) is 2.47. The second-order valence-electron chi connectivity index (χ2n) is 5.13. The molecule has 0 rings (SSSR count). The third-order valence-electron chi connectivity index (χ3n) is 3.14. The van der Waals surface area contributed by atoms with Gasteiger partial charge in [-0.1, -0.05) is 26.7 Å². The summed E-state index contributed by atoms with van der Waals surface area (Å²) in [5.74, 6) is 0. The summed E-state index contributed by atoms with van der Waals surface area (Å²) in [6, 6.07) is 0.781. The third kappa shape index (κ3) is 8.58. The van der Waals surface area contributed by atoms with Crippen molar-refractivity contribution in [3.05, 3.63) is 0 Å². The van der Waals surface area contributed by atoms with Crippen molar-refractivity contribution in [1.29, 1.82) is 0 Å². The lowest BCUT2D eigenvalue weighted by atomic mass is 10.2. The lowest BCUT2D eigenvalue weighted by Gasteiger charge is -2.30. The first-order valence-corrected chi connectivity index (χ1v) is 7.23. The van der Waals surface area contributed by atoms with Crippen LogP contribution in [0.4, 0.5) is 0 Å². The van der Waals surface area contributed by atoms with E-state index >= 15 is 0 Å². The Morgan fingerprint density at radius 2 is 1.82 bits per heavy atom. The molecule has 0 amide bonds. The van der Waals surface area contributed by atoms with Crippen LogP contribution in [0.5, 0.6) is 0 Å². The second kappa shape index (κ2) is 11.0. The quantitative estimate of drug-likeness (QED) is 0.547. The molecular weight excluding hydrogens is 212 g/mol. The summed E-state index contributed by atoms with van der Waals surface area (Å²) >= 11 is 0. The molecule has 0 aliphatic heterocycles. The van der Waals surface area contributed by atoms with Crippen molar-refractivity contribution in [2.75, 3.05) is 26.2 Å². The predicted molar refractivity (Wildman–Crippen MR) is 75.4 cm³/mol. The molecule has 0 aromatic heterocycles. The molecule has 0 fully saturated rings. The third-order valence-corrected chi connectivity index (χ3v) is 3.14. The molecule has 3 nitrogen and oxygen atoms in total. The number of hydrogen-bond donors (Lipinski definition) is 2.